The normalized spacial score (nSPS) is 12.8. The van der Waals surface area contributed by atoms with E-state index in [1.54, 1.807) is 0 Å². The molecule has 20 heavy (non-hydrogen) atoms. The van der Waals surface area contributed by atoms with Crippen molar-refractivity contribution in [3.05, 3.63) is 12.4 Å². The molecule has 0 saturated heterocycles. The fourth-order valence-corrected chi connectivity index (χ4v) is 2.83. The lowest BCUT2D eigenvalue weighted by Gasteiger charge is -2.06. The van der Waals surface area contributed by atoms with E-state index in [2.05, 4.69) is 9.82 Å². The SMILES string of the molecule is NCCCn1cc(S(=O)(=O)NCCSC(F)(F)F)cn1. The van der Waals surface area contributed by atoms with Crippen molar-refractivity contribution in [2.24, 2.45) is 5.73 Å². The number of aromatic nitrogens is 2. The number of nitrogens with one attached hydrogen (secondary N) is 1. The second-order valence-corrected chi connectivity index (χ2v) is 6.70. The van der Waals surface area contributed by atoms with Crippen LogP contribution in [0.2, 0.25) is 0 Å². The molecule has 11 heteroatoms. The van der Waals surface area contributed by atoms with Crippen molar-refractivity contribution < 1.29 is 21.6 Å². The zero-order valence-corrected chi connectivity index (χ0v) is 12.1. The van der Waals surface area contributed by atoms with Gasteiger partial charge in [0.15, 0.2) is 0 Å². The predicted molar refractivity (Wildman–Crippen MR) is 69.6 cm³/mol. The molecule has 6 nitrogen and oxygen atoms in total. The van der Waals surface area contributed by atoms with Gasteiger partial charge in [0.2, 0.25) is 10.0 Å². The second-order valence-electron chi connectivity index (χ2n) is 3.77. The van der Waals surface area contributed by atoms with Crippen LogP contribution in [0.25, 0.3) is 0 Å². The first-order chi connectivity index (χ1) is 9.24. The van der Waals surface area contributed by atoms with E-state index in [9.17, 15) is 21.6 Å². The summed E-state index contributed by atoms with van der Waals surface area (Å²) in [6.07, 6.45) is 3.11. The van der Waals surface area contributed by atoms with E-state index in [-0.39, 0.29) is 29.0 Å². The molecule has 0 radical (unpaired) electrons. The Labute approximate surface area is 118 Å². The van der Waals surface area contributed by atoms with E-state index in [0.717, 1.165) is 6.20 Å². The zero-order chi connectivity index (χ0) is 15.2. The molecule has 0 atom stereocenters. The number of thioether (sulfide) groups is 1. The minimum atomic E-state index is -4.36. The molecular weight excluding hydrogens is 317 g/mol. The first-order valence-electron chi connectivity index (χ1n) is 5.67. The minimum absolute atomic E-state index is 0.0773. The summed E-state index contributed by atoms with van der Waals surface area (Å²) in [6, 6.07) is 0. The average molecular weight is 332 g/mol. The number of alkyl halides is 3. The predicted octanol–water partition coefficient (Wildman–Crippen LogP) is 0.763. The smallest absolute Gasteiger partial charge is 0.330 e. The highest BCUT2D eigenvalue weighted by atomic mass is 32.2. The van der Waals surface area contributed by atoms with Gasteiger partial charge in [-0.25, -0.2) is 13.1 Å². The van der Waals surface area contributed by atoms with Crippen molar-refractivity contribution in [1.82, 2.24) is 14.5 Å². The van der Waals surface area contributed by atoms with Gasteiger partial charge in [0.1, 0.15) is 4.90 Å². The number of aryl methyl sites for hydroxylation is 1. The van der Waals surface area contributed by atoms with Crippen LogP contribution < -0.4 is 10.5 Å². The molecular formula is C9H15F3N4O2S2. The van der Waals surface area contributed by atoms with Crippen molar-refractivity contribution in [2.45, 2.75) is 23.4 Å². The van der Waals surface area contributed by atoms with Gasteiger partial charge in [-0.2, -0.15) is 18.3 Å². The highest BCUT2D eigenvalue weighted by molar-refractivity contribution is 8.00. The summed E-state index contributed by atoms with van der Waals surface area (Å²) in [4.78, 5) is -0.0773. The van der Waals surface area contributed by atoms with E-state index >= 15 is 0 Å². The third-order valence-electron chi connectivity index (χ3n) is 2.17. The van der Waals surface area contributed by atoms with E-state index in [1.807, 2.05) is 0 Å². The van der Waals surface area contributed by atoms with Gasteiger partial charge >= 0.3 is 5.51 Å². The van der Waals surface area contributed by atoms with Crippen LogP contribution in [0.1, 0.15) is 6.42 Å². The highest BCUT2D eigenvalue weighted by Gasteiger charge is 2.27. The number of nitrogens with two attached hydrogens (primary N) is 1. The quantitative estimate of drug-likeness (QED) is 0.686. The Morgan fingerprint density at radius 2 is 2.15 bits per heavy atom. The van der Waals surface area contributed by atoms with Gasteiger partial charge in [0.25, 0.3) is 0 Å². The summed E-state index contributed by atoms with van der Waals surface area (Å²) in [5.74, 6) is -0.385. The number of rotatable bonds is 8. The maximum Gasteiger partial charge on any atom is 0.441 e. The molecule has 3 N–H and O–H groups in total. The van der Waals surface area contributed by atoms with Crippen LogP contribution in [0.5, 0.6) is 0 Å². The topological polar surface area (TPSA) is 90.0 Å². The molecule has 0 spiro atoms. The van der Waals surface area contributed by atoms with Gasteiger partial charge in [0.05, 0.1) is 6.20 Å². The lowest BCUT2D eigenvalue weighted by Crippen LogP contribution is -2.26. The molecule has 0 aliphatic carbocycles. The molecule has 0 amide bonds. The molecule has 0 aliphatic heterocycles. The molecule has 0 saturated carbocycles. The molecule has 0 aromatic carbocycles. The number of hydrogen-bond acceptors (Lipinski definition) is 5. The highest BCUT2D eigenvalue weighted by Crippen LogP contribution is 2.29. The van der Waals surface area contributed by atoms with Crippen molar-refractivity contribution in [1.29, 1.82) is 0 Å². The molecule has 116 valence electrons. The molecule has 0 unspecified atom stereocenters. The Bertz CT molecular complexity index is 516. The summed E-state index contributed by atoms with van der Waals surface area (Å²) in [6.45, 7) is 0.630. The summed E-state index contributed by atoms with van der Waals surface area (Å²) in [5, 5.41) is 3.84. The second kappa shape index (κ2) is 7.29. The molecule has 1 heterocycles. The van der Waals surface area contributed by atoms with E-state index in [4.69, 9.17) is 5.73 Å². The van der Waals surface area contributed by atoms with Gasteiger partial charge in [-0.3, -0.25) is 4.68 Å². The molecule has 1 aromatic heterocycles. The number of halogens is 3. The van der Waals surface area contributed by atoms with E-state index in [1.165, 1.54) is 10.9 Å². The van der Waals surface area contributed by atoms with Gasteiger partial charge in [-0.1, -0.05) is 0 Å². The fourth-order valence-electron chi connectivity index (χ4n) is 1.29. The zero-order valence-electron chi connectivity index (χ0n) is 10.4. The third-order valence-corrected chi connectivity index (χ3v) is 4.32. The molecule has 0 bridgehead atoms. The monoisotopic (exact) mass is 332 g/mol. The maximum absolute atomic E-state index is 11.9. The van der Waals surface area contributed by atoms with Crippen LogP contribution in [-0.4, -0.2) is 42.5 Å². The van der Waals surface area contributed by atoms with Crippen molar-refractivity contribution in [3.8, 4) is 0 Å². The van der Waals surface area contributed by atoms with Gasteiger partial charge in [0, 0.05) is 25.0 Å². The number of nitrogens with zero attached hydrogens (tertiary/aromatic N) is 2. The first-order valence-corrected chi connectivity index (χ1v) is 8.14. The van der Waals surface area contributed by atoms with Crippen LogP contribution in [0, 0.1) is 0 Å². The van der Waals surface area contributed by atoms with Crippen LogP contribution in [0.4, 0.5) is 13.2 Å². The maximum atomic E-state index is 11.9. The third kappa shape index (κ3) is 6.11. The van der Waals surface area contributed by atoms with Gasteiger partial charge in [-0.15, -0.1) is 0 Å². The van der Waals surface area contributed by atoms with Crippen LogP contribution in [0.3, 0.4) is 0 Å². The van der Waals surface area contributed by atoms with Crippen LogP contribution in [0.15, 0.2) is 17.3 Å². The van der Waals surface area contributed by atoms with Crippen molar-refractivity contribution >= 4 is 21.8 Å². The lowest BCUT2D eigenvalue weighted by atomic mass is 10.4. The summed E-state index contributed by atoms with van der Waals surface area (Å²) >= 11 is -0.276. The Morgan fingerprint density at radius 1 is 1.45 bits per heavy atom. The Balaban J connectivity index is 2.49. The van der Waals surface area contributed by atoms with Crippen LogP contribution in [-0.2, 0) is 16.6 Å². The molecule has 0 aliphatic rings. The standard InChI is InChI=1S/C9H15F3N4O2S2/c10-9(11,12)19-5-3-15-20(17,18)8-6-14-16(7-8)4-1-2-13/h6-7,15H,1-5,13H2. The van der Waals surface area contributed by atoms with Crippen LogP contribution >= 0.6 is 11.8 Å². The molecule has 0 fully saturated rings. The van der Waals surface area contributed by atoms with E-state index in [0.29, 0.717) is 19.5 Å². The Kier molecular flexibility index (Phi) is 6.30. The average Bonchev–Trinajstić information content (AvgIpc) is 2.80. The number of sulfonamides is 1. The van der Waals surface area contributed by atoms with Gasteiger partial charge < -0.3 is 5.73 Å². The molecule has 1 rings (SSSR count). The van der Waals surface area contributed by atoms with Gasteiger partial charge in [-0.05, 0) is 24.7 Å². The summed E-state index contributed by atoms with van der Waals surface area (Å²) in [7, 11) is -3.83. The van der Waals surface area contributed by atoms with Crippen molar-refractivity contribution in [3.63, 3.8) is 0 Å². The fraction of sp³-hybridized carbons (Fsp3) is 0.667. The van der Waals surface area contributed by atoms with Crippen molar-refractivity contribution in [2.75, 3.05) is 18.8 Å². The van der Waals surface area contributed by atoms with E-state index < -0.39 is 15.5 Å². The lowest BCUT2D eigenvalue weighted by molar-refractivity contribution is -0.0327. The Morgan fingerprint density at radius 3 is 2.75 bits per heavy atom. The Hall–Kier alpha value is -0.780. The molecule has 1 aromatic rings. The summed E-state index contributed by atoms with van der Waals surface area (Å²) in [5.41, 5.74) is 0.957. The summed E-state index contributed by atoms with van der Waals surface area (Å²) < 4.78 is 62.7. The minimum Gasteiger partial charge on any atom is -0.330 e. The number of hydrogen-bond donors (Lipinski definition) is 2. The first kappa shape index (κ1) is 17.3. The largest absolute Gasteiger partial charge is 0.441 e.